The summed E-state index contributed by atoms with van der Waals surface area (Å²) in [5, 5.41) is 7.39. The maximum atomic E-state index is 12.5. The smallest absolute Gasteiger partial charge is 0.310 e. The van der Waals surface area contributed by atoms with E-state index in [9.17, 15) is 13.2 Å². The minimum absolute atomic E-state index is 0.0712. The molecular formula is C13H22F3N3. The number of aromatic nitrogens is 2. The maximum Gasteiger partial charge on any atom is 0.408 e. The van der Waals surface area contributed by atoms with Crippen LogP contribution >= 0.6 is 0 Å². The van der Waals surface area contributed by atoms with Crippen molar-refractivity contribution in [3.8, 4) is 0 Å². The fourth-order valence-corrected chi connectivity index (χ4v) is 2.31. The van der Waals surface area contributed by atoms with E-state index in [1.807, 2.05) is 6.92 Å². The standard InChI is InChI=1S/C13H22F3N3/c1-5-7-17-11(6-2)12-9(3)18-19(10(12)4)8-13(14,15)16/h11,17H,5-8H2,1-4H3. The molecule has 110 valence electrons. The lowest BCUT2D eigenvalue weighted by atomic mass is 10.0. The predicted molar refractivity (Wildman–Crippen MR) is 69.1 cm³/mol. The zero-order chi connectivity index (χ0) is 14.6. The number of halogens is 3. The highest BCUT2D eigenvalue weighted by Crippen LogP contribution is 2.26. The first-order valence-corrected chi connectivity index (χ1v) is 6.64. The lowest BCUT2D eigenvalue weighted by Crippen LogP contribution is -2.23. The van der Waals surface area contributed by atoms with Gasteiger partial charge in [-0.3, -0.25) is 4.68 Å². The summed E-state index contributed by atoms with van der Waals surface area (Å²) in [5.74, 6) is 0. The molecule has 1 heterocycles. The molecule has 0 aliphatic heterocycles. The van der Waals surface area contributed by atoms with Crippen LogP contribution in [0.15, 0.2) is 0 Å². The minimum atomic E-state index is -4.24. The molecule has 1 atom stereocenters. The van der Waals surface area contributed by atoms with Crippen LogP contribution in [0.2, 0.25) is 0 Å². The van der Waals surface area contributed by atoms with E-state index >= 15 is 0 Å². The normalized spacial score (nSPS) is 13.8. The third-order valence-corrected chi connectivity index (χ3v) is 3.16. The third kappa shape index (κ3) is 4.23. The molecule has 1 unspecified atom stereocenters. The SMILES string of the molecule is CCCNC(CC)c1c(C)nn(CC(F)(F)F)c1C. The molecule has 1 aromatic rings. The van der Waals surface area contributed by atoms with Gasteiger partial charge < -0.3 is 5.32 Å². The van der Waals surface area contributed by atoms with Gasteiger partial charge in [-0.1, -0.05) is 13.8 Å². The van der Waals surface area contributed by atoms with Gasteiger partial charge >= 0.3 is 6.18 Å². The molecule has 0 aliphatic rings. The van der Waals surface area contributed by atoms with Crippen LogP contribution < -0.4 is 5.32 Å². The van der Waals surface area contributed by atoms with Gasteiger partial charge in [-0.15, -0.1) is 0 Å². The third-order valence-electron chi connectivity index (χ3n) is 3.16. The average Bonchev–Trinajstić information content (AvgIpc) is 2.55. The van der Waals surface area contributed by atoms with E-state index in [1.54, 1.807) is 13.8 Å². The van der Waals surface area contributed by atoms with Crippen LogP contribution in [-0.4, -0.2) is 22.5 Å². The van der Waals surface area contributed by atoms with Gasteiger partial charge in [-0.2, -0.15) is 18.3 Å². The van der Waals surface area contributed by atoms with E-state index in [2.05, 4.69) is 17.3 Å². The molecule has 0 saturated carbocycles. The maximum absolute atomic E-state index is 12.5. The van der Waals surface area contributed by atoms with Gasteiger partial charge in [0.05, 0.1) is 5.69 Å². The topological polar surface area (TPSA) is 29.9 Å². The summed E-state index contributed by atoms with van der Waals surface area (Å²) >= 11 is 0. The second-order valence-corrected chi connectivity index (χ2v) is 4.77. The van der Waals surface area contributed by atoms with Crippen molar-refractivity contribution in [2.45, 2.75) is 59.3 Å². The number of rotatable bonds is 6. The Balaban J connectivity index is 3.01. The Hall–Kier alpha value is -1.04. The monoisotopic (exact) mass is 277 g/mol. The molecule has 0 aromatic carbocycles. The van der Waals surface area contributed by atoms with Gasteiger partial charge in [0, 0.05) is 17.3 Å². The van der Waals surface area contributed by atoms with Crippen molar-refractivity contribution in [3.63, 3.8) is 0 Å². The zero-order valence-electron chi connectivity index (χ0n) is 11.9. The van der Waals surface area contributed by atoms with Gasteiger partial charge in [0.2, 0.25) is 0 Å². The zero-order valence-corrected chi connectivity index (χ0v) is 11.9. The Morgan fingerprint density at radius 1 is 1.26 bits per heavy atom. The molecule has 0 spiro atoms. The molecule has 0 fully saturated rings. The van der Waals surface area contributed by atoms with Gasteiger partial charge in [-0.25, -0.2) is 0 Å². The highest BCUT2D eigenvalue weighted by Gasteiger charge is 2.30. The number of hydrogen-bond donors (Lipinski definition) is 1. The minimum Gasteiger partial charge on any atom is -0.310 e. The molecule has 1 N–H and O–H groups in total. The van der Waals surface area contributed by atoms with E-state index in [0.717, 1.165) is 29.6 Å². The largest absolute Gasteiger partial charge is 0.408 e. The van der Waals surface area contributed by atoms with Crippen molar-refractivity contribution >= 4 is 0 Å². The van der Waals surface area contributed by atoms with Crippen LogP contribution in [0, 0.1) is 13.8 Å². The van der Waals surface area contributed by atoms with Crippen LogP contribution in [0.1, 0.15) is 49.7 Å². The van der Waals surface area contributed by atoms with E-state index in [-0.39, 0.29) is 6.04 Å². The van der Waals surface area contributed by atoms with Crippen molar-refractivity contribution < 1.29 is 13.2 Å². The van der Waals surface area contributed by atoms with Crippen LogP contribution in [0.3, 0.4) is 0 Å². The summed E-state index contributed by atoms with van der Waals surface area (Å²) in [5.41, 5.74) is 2.18. The van der Waals surface area contributed by atoms with Crippen LogP contribution in [0.5, 0.6) is 0 Å². The quantitative estimate of drug-likeness (QED) is 0.862. The van der Waals surface area contributed by atoms with Crippen molar-refractivity contribution in [1.29, 1.82) is 0 Å². The summed E-state index contributed by atoms with van der Waals surface area (Å²) in [7, 11) is 0. The average molecular weight is 277 g/mol. The van der Waals surface area contributed by atoms with Gasteiger partial charge in [0.25, 0.3) is 0 Å². The molecule has 1 aromatic heterocycles. The van der Waals surface area contributed by atoms with E-state index in [1.165, 1.54) is 0 Å². The van der Waals surface area contributed by atoms with Gasteiger partial charge in [0.15, 0.2) is 0 Å². The van der Waals surface area contributed by atoms with Crippen LogP contribution in [0.25, 0.3) is 0 Å². The van der Waals surface area contributed by atoms with Gasteiger partial charge in [0.1, 0.15) is 6.54 Å². The second kappa shape index (κ2) is 6.41. The number of nitrogens with one attached hydrogen (secondary N) is 1. The molecule has 0 aliphatic carbocycles. The number of hydrogen-bond acceptors (Lipinski definition) is 2. The Labute approximate surface area is 112 Å². The summed E-state index contributed by atoms with van der Waals surface area (Å²) in [6.45, 7) is 7.38. The first-order chi connectivity index (χ1) is 8.80. The molecule has 1 rings (SSSR count). The van der Waals surface area contributed by atoms with Crippen molar-refractivity contribution in [2.75, 3.05) is 6.54 Å². The summed E-state index contributed by atoms with van der Waals surface area (Å²) in [6, 6.07) is 0.0712. The molecule has 0 radical (unpaired) electrons. The van der Waals surface area contributed by atoms with E-state index in [0.29, 0.717) is 11.4 Å². The number of aryl methyl sites for hydroxylation is 1. The predicted octanol–water partition coefficient (Wildman–Crippen LogP) is 3.51. The van der Waals surface area contributed by atoms with E-state index in [4.69, 9.17) is 0 Å². The summed E-state index contributed by atoms with van der Waals surface area (Å²) < 4.78 is 38.5. The Bertz CT molecular complexity index is 410. The van der Waals surface area contributed by atoms with Gasteiger partial charge in [-0.05, 0) is 33.2 Å². The Morgan fingerprint density at radius 2 is 1.89 bits per heavy atom. The molecule has 3 nitrogen and oxygen atoms in total. The first kappa shape index (κ1) is 16.0. The number of alkyl halides is 3. The highest BCUT2D eigenvalue weighted by atomic mass is 19.4. The Morgan fingerprint density at radius 3 is 2.37 bits per heavy atom. The lowest BCUT2D eigenvalue weighted by molar-refractivity contribution is -0.142. The van der Waals surface area contributed by atoms with E-state index < -0.39 is 12.7 Å². The van der Waals surface area contributed by atoms with Crippen molar-refractivity contribution in [3.05, 3.63) is 17.0 Å². The molecule has 19 heavy (non-hydrogen) atoms. The molecule has 0 saturated heterocycles. The molecule has 6 heteroatoms. The fourth-order valence-electron chi connectivity index (χ4n) is 2.31. The second-order valence-electron chi connectivity index (χ2n) is 4.77. The van der Waals surface area contributed by atoms with Crippen LogP contribution in [-0.2, 0) is 6.54 Å². The highest BCUT2D eigenvalue weighted by molar-refractivity contribution is 5.28. The molecule has 0 bridgehead atoms. The van der Waals surface area contributed by atoms with Crippen molar-refractivity contribution in [1.82, 2.24) is 15.1 Å². The molecule has 0 amide bonds. The molecular weight excluding hydrogens is 255 g/mol. The summed E-state index contributed by atoms with van der Waals surface area (Å²) in [6.07, 6.45) is -2.41. The summed E-state index contributed by atoms with van der Waals surface area (Å²) in [4.78, 5) is 0. The van der Waals surface area contributed by atoms with Crippen LogP contribution in [0.4, 0.5) is 13.2 Å². The Kier molecular flexibility index (Phi) is 5.40. The fraction of sp³-hybridized carbons (Fsp3) is 0.769. The number of nitrogens with zero attached hydrogens (tertiary/aromatic N) is 2. The lowest BCUT2D eigenvalue weighted by Gasteiger charge is -2.17. The first-order valence-electron chi connectivity index (χ1n) is 6.64. The van der Waals surface area contributed by atoms with Crippen molar-refractivity contribution in [2.24, 2.45) is 0 Å².